The van der Waals surface area contributed by atoms with Crippen molar-refractivity contribution in [3.63, 3.8) is 0 Å². The van der Waals surface area contributed by atoms with Crippen LogP contribution in [0.25, 0.3) is 0 Å². The number of nitrogens with one attached hydrogen (secondary N) is 1. The molecule has 1 saturated heterocycles. The van der Waals surface area contributed by atoms with Gasteiger partial charge in [-0.1, -0.05) is 42.5 Å². The molecule has 0 aliphatic carbocycles. The highest BCUT2D eigenvalue weighted by Crippen LogP contribution is 2.45. The van der Waals surface area contributed by atoms with Crippen molar-refractivity contribution in [3.8, 4) is 0 Å². The van der Waals surface area contributed by atoms with E-state index in [4.69, 9.17) is 9.47 Å². The molecule has 0 bridgehead atoms. The Bertz CT molecular complexity index is 873. The summed E-state index contributed by atoms with van der Waals surface area (Å²) < 4.78 is 10.4. The highest BCUT2D eigenvalue weighted by atomic mass is 16.6. The number of hydrogen-bond donors (Lipinski definition) is 1. The summed E-state index contributed by atoms with van der Waals surface area (Å²) in [6.45, 7) is 2.33. The molecule has 2 aliphatic rings. The fourth-order valence-corrected chi connectivity index (χ4v) is 4.19. The van der Waals surface area contributed by atoms with Crippen molar-refractivity contribution < 1.29 is 19.1 Å². The number of benzene rings is 2. The molecule has 28 heavy (non-hydrogen) atoms. The van der Waals surface area contributed by atoms with E-state index in [2.05, 4.69) is 11.4 Å². The predicted molar refractivity (Wildman–Crippen MR) is 105 cm³/mol. The topological polar surface area (TPSA) is 67.9 Å². The Balaban J connectivity index is 1.41. The van der Waals surface area contributed by atoms with Gasteiger partial charge in [0, 0.05) is 25.0 Å². The van der Waals surface area contributed by atoms with Gasteiger partial charge in [0.2, 0.25) is 0 Å². The number of likely N-dealkylation sites (tertiary alicyclic amines) is 1. The zero-order valence-electron chi connectivity index (χ0n) is 15.9. The molecule has 1 amide bonds. The largest absolute Gasteiger partial charge is 0.465 e. The molecule has 146 valence electrons. The number of rotatable bonds is 3. The maximum atomic E-state index is 12.4. The molecule has 2 aromatic carbocycles. The number of methoxy groups -OCH3 is 1. The number of esters is 1. The van der Waals surface area contributed by atoms with Crippen LogP contribution in [0.4, 0.5) is 10.5 Å². The van der Waals surface area contributed by atoms with E-state index in [1.165, 1.54) is 7.11 Å². The van der Waals surface area contributed by atoms with E-state index in [9.17, 15) is 9.59 Å². The first-order chi connectivity index (χ1) is 13.6. The number of hydrogen-bond acceptors (Lipinski definition) is 5. The Morgan fingerprint density at radius 1 is 1.07 bits per heavy atom. The van der Waals surface area contributed by atoms with Gasteiger partial charge in [-0.15, -0.1) is 0 Å². The molecule has 1 fully saturated rings. The smallest absolute Gasteiger partial charge is 0.410 e. The quantitative estimate of drug-likeness (QED) is 0.825. The summed E-state index contributed by atoms with van der Waals surface area (Å²) in [7, 11) is 1.39. The van der Waals surface area contributed by atoms with Crippen LogP contribution in [0, 0.1) is 0 Å². The molecule has 1 spiro atoms. The Morgan fingerprint density at radius 2 is 1.82 bits per heavy atom. The summed E-state index contributed by atoms with van der Waals surface area (Å²) in [6.07, 6.45) is 1.39. The summed E-state index contributed by atoms with van der Waals surface area (Å²) >= 11 is 0. The molecule has 2 heterocycles. The van der Waals surface area contributed by atoms with Gasteiger partial charge in [-0.25, -0.2) is 9.59 Å². The summed E-state index contributed by atoms with van der Waals surface area (Å²) in [5.41, 5.74) is 3.51. The number of anilines is 1. The van der Waals surface area contributed by atoms with Crippen molar-refractivity contribution in [2.24, 2.45) is 0 Å². The highest BCUT2D eigenvalue weighted by molar-refractivity contribution is 5.97. The second kappa shape index (κ2) is 7.54. The van der Waals surface area contributed by atoms with Crippen molar-refractivity contribution >= 4 is 17.7 Å². The van der Waals surface area contributed by atoms with Gasteiger partial charge < -0.3 is 19.7 Å². The normalized spacial score (nSPS) is 17.0. The van der Waals surface area contributed by atoms with Crippen LogP contribution in [-0.4, -0.2) is 43.7 Å². The maximum Gasteiger partial charge on any atom is 0.410 e. The molecule has 6 heteroatoms. The maximum absolute atomic E-state index is 12.4. The molecule has 6 nitrogen and oxygen atoms in total. The molecule has 0 aromatic heterocycles. The minimum atomic E-state index is -0.330. The van der Waals surface area contributed by atoms with Crippen molar-refractivity contribution in [1.29, 1.82) is 0 Å². The Labute approximate surface area is 164 Å². The monoisotopic (exact) mass is 380 g/mol. The van der Waals surface area contributed by atoms with Gasteiger partial charge in [0.25, 0.3) is 0 Å². The van der Waals surface area contributed by atoms with E-state index in [-0.39, 0.29) is 24.1 Å². The lowest BCUT2D eigenvalue weighted by atomic mass is 9.74. The number of carbonyl (C=O) groups excluding carboxylic acids is 2. The molecule has 0 saturated carbocycles. The van der Waals surface area contributed by atoms with Crippen LogP contribution in [0.5, 0.6) is 0 Å². The zero-order chi connectivity index (χ0) is 19.6. The average Bonchev–Trinajstić information content (AvgIpc) is 3.11. The molecular formula is C22H24N2O4. The van der Waals surface area contributed by atoms with Crippen LogP contribution in [-0.2, 0) is 21.5 Å². The lowest BCUT2D eigenvalue weighted by molar-refractivity contribution is 0.0601. The van der Waals surface area contributed by atoms with Gasteiger partial charge in [0.05, 0.1) is 18.4 Å². The summed E-state index contributed by atoms with van der Waals surface area (Å²) in [6, 6.07) is 15.5. The van der Waals surface area contributed by atoms with E-state index in [0.717, 1.165) is 36.2 Å². The number of fused-ring (bicyclic) bond motifs is 2. The minimum absolute atomic E-state index is 0.0599. The first kappa shape index (κ1) is 18.3. The molecule has 4 rings (SSSR count). The Hall–Kier alpha value is -3.02. The number of nitrogens with zero attached hydrogens (tertiary/aromatic N) is 1. The van der Waals surface area contributed by atoms with Crippen LogP contribution in [0.3, 0.4) is 0 Å². The average molecular weight is 380 g/mol. The van der Waals surface area contributed by atoms with Crippen LogP contribution in [0.1, 0.15) is 34.3 Å². The second-order valence-electron chi connectivity index (χ2n) is 7.38. The van der Waals surface area contributed by atoms with E-state index >= 15 is 0 Å². The number of carbonyl (C=O) groups is 2. The first-order valence-electron chi connectivity index (χ1n) is 9.54. The van der Waals surface area contributed by atoms with Gasteiger partial charge in [-0.2, -0.15) is 0 Å². The molecule has 2 aromatic rings. The SMILES string of the molecule is COC(=O)c1cccc2c1NCC21CCN(C(=O)OCc2ccccc2)CC1. The van der Waals surface area contributed by atoms with Crippen LogP contribution >= 0.6 is 0 Å². The standard InChI is InChI=1S/C22H24N2O4/c1-27-20(25)17-8-5-9-18-19(17)23-15-22(18)10-12-24(13-11-22)21(26)28-14-16-6-3-2-4-7-16/h2-9,23H,10-15H2,1H3. The zero-order valence-corrected chi connectivity index (χ0v) is 15.9. The number of ether oxygens (including phenoxy) is 2. The Kier molecular flexibility index (Phi) is 4.94. The van der Waals surface area contributed by atoms with Gasteiger partial charge in [-0.05, 0) is 30.0 Å². The van der Waals surface area contributed by atoms with E-state index < -0.39 is 0 Å². The van der Waals surface area contributed by atoms with Crippen molar-refractivity contribution in [2.45, 2.75) is 24.9 Å². The van der Waals surface area contributed by atoms with Crippen molar-refractivity contribution in [3.05, 3.63) is 65.2 Å². The third-order valence-electron chi connectivity index (χ3n) is 5.83. The minimum Gasteiger partial charge on any atom is -0.465 e. The molecular weight excluding hydrogens is 356 g/mol. The lowest BCUT2D eigenvalue weighted by Crippen LogP contribution is -2.46. The number of para-hydroxylation sites is 1. The van der Waals surface area contributed by atoms with Gasteiger partial charge in [0.1, 0.15) is 6.61 Å². The molecule has 0 radical (unpaired) electrons. The fraction of sp³-hybridized carbons (Fsp3) is 0.364. The Morgan fingerprint density at radius 3 is 2.54 bits per heavy atom. The molecule has 2 aliphatic heterocycles. The molecule has 1 N–H and O–H groups in total. The van der Waals surface area contributed by atoms with Gasteiger partial charge in [-0.3, -0.25) is 0 Å². The summed E-state index contributed by atoms with van der Waals surface area (Å²) in [5.74, 6) is -0.330. The number of amides is 1. The second-order valence-corrected chi connectivity index (χ2v) is 7.38. The highest BCUT2D eigenvalue weighted by Gasteiger charge is 2.43. The summed E-state index contributed by atoms with van der Waals surface area (Å²) in [4.78, 5) is 26.2. The van der Waals surface area contributed by atoms with Crippen molar-refractivity contribution in [1.82, 2.24) is 4.90 Å². The molecule has 0 atom stereocenters. The number of piperidine rings is 1. The van der Waals surface area contributed by atoms with Crippen LogP contribution < -0.4 is 5.32 Å². The third kappa shape index (κ3) is 3.30. The van der Waals surface area contributed by atoms with Gasteiger partial charge in [0.15, 0.2) is 0 Å². The van der Waals surface area contributed by atoms with Crippen molar-refractivity contribution in [2.75, 3.05) is 32.1 Å². The van der Waals surface area contributed by atoms with E-state index in [1.54, 1.807) is 11.0 Å². The van der Waals surface area contributed by atoms with Crippen LogP contribution in [0.15, 0.2) is 48.5 Å². The van der Waals surface area contributed by atoms with Crippen LogP contribution in [0.2, 0.25) is 0 Å². The van der Waals surface area contributed by atoms with Gasteiger partial charge >= 0.3 is 12.1 Å². The first-order valence-corrected chi connectivity index (χ1v) is 9.54. The predicted octanol–water partition coefficient (Wildman–Crippen LogP) is 3.57. The summed E-state index contributed by atoms with van der Waals surface area (Å²) in [5, 5.41) is 3.40. The third-order valence-corrected chi connectivity index (χ3v) is 5.83. The fourth-order valence-electron chi connectivity index (χ4n) is 4.19. The lowest BCUT2D eigenvalue weighted by Gasteiger charge is -2.38. The van der Waals surface area contributed by atoms with E-state index in [0.29, 0.717) is 18.7 Å². The molecule has 0 unspecified atom stereocenters. The van der Waals surface area contributed by atoms with E-state index in [1.807, 2.05) is 36.4 Å².